The van der Waals surface area contributed by atoms with E-state index in [0.29, 0.717) is 10.2 Å². The molecule has 0 radical (unpaired) electrons. The summed E-state index contributed by atoms with van der Waals surface area (Å²) >= 11 is 3.26. The van der Waals surface area contributed by atoms with E-state index in [4.69, 9.17) is 9.84 Å². The van der Waals surface area contributed by atoms with Crippen molar-refractivity contribution >= 4 is 27.6 Å². The van der Waals surface area contributed by atoms with E-state index in [0.717, 1.165) is 5.69 Å². The third-order valence-electron chi connectivity index (χ3n) is 1.79. The van der Waals surface area contributed by atoms with Crippen molar-refractivity contribution < 1.29 is 14.6 Å². The molecule has 4 nitrogen and oxygen atoms in total. The summed E-state index contributed by atoms with van der Waals surface area (Å²) in [6.45, 7) is 0. The second-order valence-corrected chi connectivity index (χ2v) is 3.44. The molecule has 76 valence electrons. The van der Waals surface area contributed by atoms with Gasteiger partial charge < -0.3 is 15.2 Å². The predicted octanol–water partition coefficient (Wildman–Crippen LogP) is 2.20. The predicted molar refractivity (Wildman–Crippen MR) is 57.2 cm³/mol. The standard InChI is InChI=1S/C9H10BrNO3/c1-11-7-4-8(14-2)5(9(12)13)3-6(7)10/h3-4,11H,1-2H3,(H,12,13). The van der Waals surface area contributed by atoms with Gasteiger partial charge in [0.1, 0.15) is 11.3 Å². The second-order valence-electron chi connectivity index (χ2n) is 2.59. The maximum Gasteiger partial charge on any atom is 0.339 e. The molecular formula is C9H10BrNO3. The fourth-order valence-electron chi connectivity index (χ4n) is 1.08. The summed E-state index contributed by atoms with van der Waals surface area (Å²) in [5.41, 5.74) is 0.922. The molecule has 1 aromatic rings. The second kappa shape index (κ2) is 4.32. The minimum absolute atomic E-state index is 0.137. The highest BCUT2D eigenvalue weighted by molar-refractivity contribution is 9.10. The summed E-state index contributed by atoms with van der Waals surface area (Å²) in [5.74, 6) is -0.671. The number of hydrogen-bond acceptors (Lipinski definition) is 3. The van der Waals surface area contributed by atoms with Gasteiger partial charge in [-0.3, -0.25) is 0 Å². The maximum atomic E-state index is 10.8. The zero-order chi connectivity index (χ0) is 10.7. The molecule has 0 aromatic heterocycles. The first-order valence-corrected chi connectivity index (χ1v) is 4.68. The van der Waals surface area contributed by atoms with Crippen LogP contribution in [0.15, 0.2) is 16.6 Å². The van der Waals surface area contributed by atoms with Crippen LogP contribution in [0.4, 0.5) is 5.69 Å². The minimum Gasteiger partial charge on any atom is -0.496 e. The number of nitrogens with one attached hydrogen (secondary N) is 1. The average Bonchev–Trinajstić information content (AvgIpc) is 2.17. The quantitative estimate of drug-likeness (QED) is 0.874. The van der Waals surface area contributed by atoms with Crippen molar-refractivity contribution in [2.75, 3.05) is 19.5 Å². The van der Waals surface area contributed by atoms with Crippen molar-refractivity contribution in [3.63, 3.8) is 0 Å². The Kier molecular flexibility index (Phi) is 3.35. The van der Waals surface area contributed by atoms with Crippen molar-refractivity contribution in [1.29, 1.82) is 0 Å². The van der Waals surface area contributed by atoms with Gasteiger partial charge in [0.2, 0.25) is 0 Å². The van der Waals surface area contributed by atoms with Gasteiger partial charge in [0, 0.05) is 17.6 Å². The number of anilines is 1. The molecule has 0 saturated carbocycles. The molecule has 1 rings (SSSR count). The highest BCUT2D eigenvalue weighted by atomic mass is 79.9. The Hall–Kier alpha value is -1.23. The van der Waals surface area contributed by atoms with E-state index < -0.39 is 5.97 Å². The lowest BCUT2D eigenvalue weighted by molar-refractivity contribution is 0.0693. The molecule has 0 atom stereocenters. The Bertz CT molecular complexity index is 365. The Labute approximate surface area is 90.0 Å². The highest BCUT2D eigenvalue weighted by Crippen LogP contribution is 2.30. The van der Waals surface area contributed by atoms with E-state index in [-0.39, 0.29) is 5.56 Å². The number of benzene rings is 1. The lowest BCUT2D eigenvalue weighted by Crippen LogP contribution is -2.02. The van der Waals surface area contributed by atoms with E-state index in [1.807, 2.05) is 0 Å². The highest BCUT2D eigenvalue weighted by Gasteiger charge is 2.13. The van der Waals surface area contributed by atoms with Gasteiger partial charge in [0.05, 0.1) is 12.8 Å². The number of methoxy groups -OCH3 is 1. The van der Waals surface area contributed by atoms with Crippen molar-refractivity contribution in [2.24, 2.45) is 0 Å². The van der Waals surface area contributed by atoms with Crippen LogP contribution >= 0.6 is 15.9 Å². The van der Waals surface area contributed by atoms with E-state index in [2.05, 4.69) is 21.2 Å². The Balaban J connectivity index is 3.31. The van der Waals surface area contributed by atoms with Crippen LogP contribution in [0.2, 0.25) is 0 Å². The number of carbonyl (C=O) groups is 1. The minimum atomic E-state index is -1.01. The molecule has 0 aliphatic carbocycles. The Morgan fingerprint density at radius 1 is 1.57 bits per heavy atom. The van der Waals surface area contributed by atoms with Crippen molar-refractivity contribution in [1.82, 2.24) is 0 Å². The first-order valence-electron chi connectivity index (χ1n) is 3.88. The summed E-state index contributed by atoms with van der Waals surface area (Å²) in [6.07, 6.45) is 0. The van der Waals surface area contributed by atoms with Crippen molar-refractivity contribution in [2.45, 2.75) is 0 Å². The fourth-order valence-corrected chi connectivity index (χ4v) is 1.62. The van der Waals surface area contributed by atoms with Gasteiger partial charge in [-0.25, -0.2) is 4.79 Å². The van der Waals surface area contributed by atoms with Gasteiger partial charge in [-0.2, -0.15) is 0 Å². The van der Waals surface area contributed by atoms with Crippen LogP contribution in [-0.2, 0) is 0 Å². The Morgan fingerprint density at radius 3 is 2.64 bits per heavy atom. The summed E-state index contributed by atoms with van der Waals surface area (Å²) in [6, 6.07) is 3.14. The summed E-state index contributed by atoms with van der Waals surface area (Å²) in [4.78, 5) is 10.8. The Morgan fingerprint density at radius 2 is 2.21 bits per heavy atom. The monoisotopic (exact) mass is 259 g/mol. The number of aromatic carboxylic acids is 1. The summed E-state index contributed by atoms with van der Waals surface area (Å²) in [7, 11) is 3.19. The van der Waals surface area contributed by atoms with E-state index >= 15 is 0 Å². The van der Waals surface area contributed by atoms with Crippen LogP contribution in [-0.4, -0.2) is 25.2 Å². The first-order chi connectivity index (χ1) is 6.60. The zero-order valence-corrected chi connectivity index (χ0v) is 9.38. The average molecular weight is 260 g/mol. The SMILES string of the molecule is CNc1cc(OC)c(C(=O)O)cc1Br. The fraction of sp³-hybridized carbons (Fsp3) is 0.222. The number of hydrogen-bond donors (Lipinski definition) is 2. The number of carboxylic acid groups (broad SMARTS) is 1. The van der Waals surface area contributed by atoms with Gasteiger partial charge in [-0.15, -0.1) is 0 Å². The van der Waals surface area contributed by atoms with Crippen LogP contribution in [0.5, 0.6) is 5.75 Å². The molecule has 0 aliphatic heterocycles. The van der Waals surface area contributed by atoms with Crippen molar-refractivity contribution in [3.05, 3.63) is 22.2 Å². The van der Waals surface area contributed by atoms with Crippen LogP contribution in [0, 0.1) is 0 Å². The topological polar surface area (TPSA) is 58.6 Å². The number of ether oxygens (including phenoxy) is 1. The first kappa shape index (κ1) is 10.8. The van der Waals surface area contributed by atoms with E-state index in [9.17, 15) is 4.79 Å². The third-order valence-corrected chi connectivity index (χ3v) is 2.44. The van der Waals surface area contributed by atoms with Gasteiger partial charge in [0.15, 0.2) is 0 Å². The molecule has 0 amide bonds. The smallest absolute Gasteiger partial charge is 0.339 e. The number of halogens is 1. The molecule has 2 N–H and O–H groups in total. The molecule has 0 bridgehead atoms. The lowest BCUT2D eigenvalue weighted by Gasteiger charge is -2.09. The van der Waals surface area contributed by atoms with Gasteiger partial charge in [-0.05, 0) is 22.0 Å². The van der Waals surface area contributed by atoms with Crippen molar-refractivity contribution in [3.8, 4) is 5.75 Å². The summed E-state index contributed by atoms with van der Waals surface area (Å²) < 4.78 is 5.66. The molecule has 0 heterocycles. The molecule has 1 aromatic carbocycles. The molecule has 14 heavy (non-hydrogen) atoms. The molecule has 0 unspecified atom stereocenters. The molecule has 0 aliphatic rings. The molecular weight excluding hydrogens is 250 g/mol. The van der Waals surface area contributed by atoms with Crippen LogP contribution in [0.25, 0.3) is 0 Å². The third kappa shape index (κ3) is 1.98. The van der Waals surface area contributed by atoms with Crippen LogP contribution in [0.1, 0.15) is 10.4 Å². The van der Waals surface area contributed by atoms with E-state index in [1.165, 1.54) is 13.2 Å². The van der Waals surface area contributed by atoms with Crippen LogP contribution < -0.4 is 10.1 Å². The van der Waals surface area contributed by atoms with Gasteiger partial charge in [-0.1, -0.05) is 0 Å². The van der Waals surface area contributed by atoms with Gasteiger partial charge >= 0.3 is 5.97 Å². The van der Waals surface area contributed by atoms with E-state index in [1.54, 1.807) is 13.1 Å². The number of rotatable bonds is 3. The maximum absolute atomic E-state index is 10.8. The molecule has 5 heteroatoms. The summed E-state index contributed by atoms with van der Waals surface area (Å²) in [5, 5.41) is 11.8. The lowest BCUT2D eigenvalue weighted by atomic mass is 10.2. The van der Waals surface area contributed by atoms with Gasteiger partial charge in [0.25, 0.3) is 0 Å². The molecule has 0 spiro atoms. The molecule has 0 saturated heterocycles. The van der Waals surface area contributed by atoms with Crippen LogP contribution in [0.3, 0.4) is 0 Å². The number of carboxylic acids is 1. The zero-order valence-electron chi connectivity index (χ0n) is 7.80. The largest absolute Gasteiger partial charge is 0.496 e. The normalized spacial score (nSPS) is 9.64. The molecule has 0 fully saturated rings.